The van der Waals surface area contributed by atoms with E-state index in [1.54, 1.807) is 10.7 Å². The smallest absolute Gasteiger partial charge is 0.379 e. The van der Waals surface area contributed by atoms with Crippen LogP contribution >= 0.6 is 0 Å². The lowest BCUT2D eigenvalue weighted by molar-refractivity contribution is -0.136. The van der Waals surface area contributed by atoms with Crippen LogP contribution in [0.4, 0.5) is 18.9 Å². The summed E-state index contributed by atoms with van der Waals surface area (Å²) < 4.78 is 48.4. The molecule has 0 saturated carbocycles. The van der Waals surface area contributed by atoms with E-state index in [1.807, 2.05) is 37.2 Å². The lowest BCUT2D eigenvalue weighted by Crippen LogP contribution is -2.38. The zero-order chi connectivity index (χ0) is 21.3. The first kappa shape index (κ1) is 20.6. The second-order valence-corrected chi connectivity index (χ2v) is 7.56. The zero-order valence-corrected chi connectivity index (χ0v) is 17.0. The monoisotopic (exact) mass is 419 g/mol. The highest BCUT2D eigenvalue weighted by Gasteiger charge is 2.34. The molecule has 0 amide bonds. The lowest BCUT2D eigenvalue weighted by atomic mass is 10.1. The molecule has 0 atom stereocenters. The maximum Gasteiger partial charge on any atom is 0.417 e. The molecule has 30 heavy (non-hydrogen) atoms. The first-order valence-electron chi connectivity index (χ1n) is 9.84. The molecule has 1 aliphatic rings. The highest BCUT2D eigenvalue weighted by atomic mass is 19.4. The van der Waals surface area contributed by atoms with Crippen LogP contribution in [0.1, 0.15) is 5.56 Å². The number of hydrogen-bond donors (Lipinski definition) is 0. The van der Waals surface area contributed by atoms with Gasteiger partial charge >= 0.3 is 6.18 Å². The van der Waals surface area contributed by atoms with Gasteiger partial charge in [0.25, 0.3) is 0 Å². The predicted octanol–water partition coefficient (Wildman–Crippen LogP) is 3.52. The minimum absolute atomic E-state index is 0.0250. The van der Waals surface area contributed by atoms with Crippen molar-refractivity contribution >= 4 is 16.7 Å². The van der Waals surface area contributed by atoms with Crippen LogP contribution in [-0.2, 0) is 17.5 Å². The van der Waals surface area contributed by atoms with Crippen LogP contribution in [0.2, 0.25) is 0 Å². The number of halogens is 3. The first-order valence-corrected chi connectivity index (χ1v) is 9.84. The van der Waals surface area contributed by atoms with E-state index in [1.165, 1.54) is 6.20 Å². The summed E-state index contributed by atoms with van der Waals surface area (Å²) in [6, 6.07) is 8.45. The van der Waals surface area contributed by atoms with Gasteiger partial charge in [0.05, 0.1) is 42.6 Å². The van der Waals surface area contributed by atoms with E-state index in [9.17, 15) is 13.2 Å². The van der Waals surface area contributed by atoms with Crippen LogP contribution in [-0.4, -0.2) is 66.6 Å². The molecule has 1 saturated heterocycles. The maximum absolute atomic E-state index is 13.8. The number of fused-ring (bicyclic) bond motifs is 1. The molecule has 1 aromatic carbocycles. The minimum atomic E-state index is -4.49. The van der Waals surface area contributed by atoms with Crippen molar-refractivity contribution in [2.24, 2.45) is 0 Å². The SMILES string of the molecule is CN(C)c1cccc(-c2cc(C(F)(F)F)c3cnn(CCN4CCOCC4)c3n2)c1. The molecule has 0 spiro atoms. The first-order chi connectivity index (χ1) is 14.3. The van der Waals surface area contributed by atoms with Crippen molar-refractivity contribution in [2.75, 3.05) is 51.8 Å². The van der Waals surface area contributed by atoms with Gasteiger partial charge in [-0.25, -0.2) is 9.67 Å². The second-order valence-electron chi connectivity index (χ2n) is 7.56. The van der Waals surface area contributed by atoms with Crippen molar-refractivity contribution in [3.63, 3.8) is 0 Å². The fourth-order valence-electron chi connectivity index (χ4n) is 3.60. The van der Waals surface area contributed by atoms with E-state index in [0.29, 0.717) is 31.9 Å². The molecule has 0 N–H and O–H groups in total. The van der Waals surface area contributed by atoms with E-state index < -0.39 is 11.7 Å². The van der Waals surface area contributed by atoms with Gasteiger partial charge in [0.2, 0.25) is 0 Å². The molecular formula is C21H24F3N5O. The molecule has 3 heterocycles. The quantitative estimate of drug-likeness (QED) is 0.633. The number of ether oxygens (including phenoxy) is 1. The molecule has 0 radical (unpaired) electrons. The average Bonchev–Trinajstić information content (AvgIpc) is 3.14. The number of alkyl halides is 3. The molecule has 160 valence electrons. The summed E-state index contributed by atoms with van der Waals surface area (Å²) in [4.78, 5) is 8.70. The third kappa shape index (κ3) is 4.27. The molecule has 0 aliphatic carbocycles. The zero-order valence-electron chi connectivity index (χ0n) is 17.0. The van der Waals surface area contributed by atoms with Crippen LogP contribution in [0.5, 0.6) is 0 Å². The van der Waals surface area contributed by atoms with Gasteiger partial charge in [-0.3, -0.25) is 4.90 Å². The molecule has 1 fully saturated rings. The van der Waals surface area contributed by atoms with Gasteiger partial charge in [-0.15, -0.1) is 0 Å². The molecule has 6 nitrogen and oxygen atoms in total. The summed E-state index contributed by atoms with van der Waals surface area (Å²) in [7, 11) is 3.77. The Hall–Kier alpha value is -2.65. The molecular weight excluding hydrogens is 395 g/mol. The van der Waals surface area contributed by atoms with Crippen molar-refractivity contribution < 1.29 is 17.9 Å². The third-order valence-corrected chi connectivity index (χ3v) is 5.30. The lowest BCUT2D eigenvalue weighted by Gasteiger charge is -2.26. The number of aromatic nitrogens is 3. The summed E-state index contributed by atoms with van der Waals surface area (Å²) in [6.45, 7) is 4.11. The van der Waals surface area contributed by atoms with Gasteiger partial charge < -0.3 is 9.64 Å². The third-order valence-electron chi connectivity index (χ3n) is 5.30. The van der Waals surface area contributed by atoms with Crippen LogP contribution in [0.25, 0.3) is 22.3 Å². The molecule has 4 rings (SSSR count). The predicted molar refractivity (Wildman–Crippen MR) is 110 cm³/mol. The van der Waals surface area contributed by atoms with E-state index >= 15 is 0 Å². The van der Waals surface area contributed by atoms with Crippen LogP contribution < -0.4 is 4.90 Å². The number of pyridine rings is 1. The summed E-state index contributed by atoms with van der Waals surface area (Å²) in [5.41, 5.74) is 1.35. The largest absolute Gasteiger partial charge is 0.417 e. The number of anilines is 1. The summed E-state index contributed by atoms with van der Waals surface area (Å²) in [6.07, 6.45) is -3.22. The van der Waals surface area contributed by atoms with Crippen LogP contribution in [0, 0.1) is 0 Å². The van der Waals surface area contributed by atoms with Gasteiger partial charge in [-0.1, -0.05) is 12.1 Å². The molecule has 0 unspecified atom stereocenters. The van der Waals surface area contributed by atoms with Crippen molar-refractivity contribution in [1.82, 2.24) is 19.7 Å². The Morgan fingerprint density at radius 1 is 1.10 bits per heavy atom. The summed E-state index contributed by atoms with van der Waals surface area (Å²) in [5, 5.41) is 4.25. The van der Waals surface area contributed by atoms with Gasteiger partial charge in [0.1, 0.15) is 0 Å². The van der Waals surface area contributed by atoms with Gasteiger partial charge in [-0.05, 0) is 18.2 Å². The van der Waals surface area contributed by atoms with Crippen molar-refractivity contribution in [1.29, 1.82) is 0 Å². The molecule has 1 aliphatic heterocycles. The Morgan fingerprint density at radius 2 is 1.87 bits per heavy atom. The molecule has 0 bridgehead atoms. The Labute approximate surface area is 172 Å². The fraction of sp³-hybridized carbons (Fsp3) is 0.429. The number of rotatable bonds is 5. The van der Waals surface area contributed by atoms with Gasteiger partial charge in [0, 0.05) is 45.0 Å². The summed E-state index contributed by atoms with van der Waals surface area (Å²) in [5.74, 6) is 0. The van der Waals surface area contributed by atoms with E-state index in [2.05, 4.69) is 15.0 Å². The Kier molecular flexibility index (Phi) is 5.66. The number of benzene rings is 1. The van der Waals surface area contributed by atoms with Crippen LogP contribution in [0.15, 0.2) is 36.5 Å². The molecule has 9 heteroatoms. The van der Waals surface area contributed by atoms with Crippen molar-refractivity contribution in [2.45, 2.75) is 12.7 Å². The topological polar surface area (TPSA) is 46.4 Å². The fourth-order valence-corrected chi connectivity index (χ4v) is 3.60. The van der Waals surface area contributed by atoms with E-state index in [-0.39, 0.29) is 16.7 Å². The summed E-state index contributed by atoms with van der Waals surface area (Å²) >= 11 is 0. The second kappa shape index (κ2) is 8.23. The van der Waals surface area contributed by atoms with E-state index in [4.69, 9.17) is 4.74 Å². The normalized spacial score (nSPS) is 15.6. The Bertz CT molecular complexity index is 1030. The van der Waals surface area contributed by atoms with E-state index in [0.717, 1.165) is 24.8 Å². The number of nitrogens with zero attached hydrogens (tertiary/aromatic N) is 5. The van der Waals surface area contributed by atoms with Crippen molar-refractivity contribution in [3.8, 4) is 11.3 Å². The number of morpholine rings is 1. The molecule has 2 aromatic heterocycles. The van der Waals surface area contributed by atoms with Crippen molar-refractivity contribution in [3.05, 3.63) is 42.1 Å². The Morgan fingerprint density at radius 3 is 2.57 bits per heavy atom. The Balaban J connectivity index is 1.75. The minimum Gasteiger partial charge on any atom is -0.379 e. The highest BCUT2D eigenvalue weighted by molar-refractivity contribution is 5.83. The maximum atomic E-state index is 13.8. The van der Waals surface area contributed by atoms with Gasteiger partial charge in [-0.2, -0.15) is 18.3 Å². The average molecular weight is 419 g/mol. The molecule has 3 aromatic rings. The number of hydrogen-bond acceptors (Lipinski definition) is 5. The highest BCUT2D eigenvalue weighted by Crippen LogP contribution is 2.37. The van der Waals surface area contributed by atoms with Gasteiger partial charge in [0.15, 0.2) is 5.65 Å². The standard InChI is InChI=1S/C21H24F3N5O/c1-27(2)16-5-3-4-15(12-16)19-13-18(21(22,23)24)17-14-25-29(20(17)26-19)7-6-28-8-10-30-11-9-28/h3-5,12-14H,6-11H2,1-2H3. The van der Waals surface area contributed by atoms with Crippen LogP contribution in [0.3, 0.4) is 0 Å².